The molecule has 0 bridgehead atoms. The number of carbonyl (C=O) groups is 3. The van der Waals surface area contributed by atoms with Crippen LogP contribution in [0.1, 0.15) is 46.0 Å². The lowest BCUT2D eigenvalue weighted by Gasteiger charge is -2.05. The number of carbonyl (C=O) groups excluding carboxylic acids is 3. The van der Waals surface area contributed by atoms with Crippen molar-refractivity contribution >= 4 is 17.7 Å². The molecule has 0 saturated heterocycles. The van der Waals surface area contributed by atoms with Crippen LogP contribution in [0.4, 0.5) is 0 Å². The summed E-state index contributed by atoms with van der Waals surface area (Å²) >= 11 is 0. The number of aryl methyl sites for hydroxylation is 2. The summed E-state index contributed by atoms with van der Waals surface area (Å²) < 4.78 is 9.55. The Kier molecular flexibility index (Phi) is 4.86. The summed E-state index contributed by atoms with van der Waals surface area (Å²) in [5, 5.41) is 0. The number of aromatic amines is 1. The van der Waals surface area contributed by atoms with Crippen LogP contribution in [0.5, 0.6) is 0 Å². The number of hydrogen-bond donors (Lipinski definition) is 1. The zero-order chi connectivity index (χ0) is 14.6. The predicted molar refractivity (Wildman–Crippen MR) is 67.2 cm³/mol. The molecule has 1 aromatic rings. The molecule has 1 aromatic heterocycles. The van der Waals surface area contributed by atoms with Crippen molar-refractivity contribution in [3.05, 3.63) is 22.5 Å². The minimum Gasteiger partial charge on any atom is -0.462 e. The number of rotatable bonds is 5. The van der Waals surface area contributed by atoms with E-state index in [2.05, 4.69) is 9.72 Å². The average molecular weight is 267 g/mol. The lowest BCUT2D eigenvalue weighted by Crippen LogP contribution is -2.21. The first kappa shape index (κ1) is 14.9. The second-order valence-corrected chi connectivity index (χ2v) is 3.90. The first-order valence-electron chi connectivity index (χ1n) is 6.01. The van der Waals surface area contributed by atoms with Gasteiger partial charge in [-0.1, -0.05) is 0 Å². The van der Waals surface area contributed by atoms with E-state index in [-0.39, 0.29) is 24.3 Å². The molecule has 0 spiro atoms. The first-order valence-corrected chi connectivity index (χ1v) is 6.01. The summed E-state index contributed by atoms with van der Waals surface area (Å²) in [4.78, 5) is 38.2. The van der Waals surface area contributed by atoms with Crippen molar-refractivity contribution in [1.29, 1.82) is 0 Å². The third-order valence-corrected chi connectivity index (χ3v) is 2.54. The molecule has 19 heavy (non-hydrogen) atoms. The smallest absolute Gasteiger partial charge is 0.379 e. The highest BCUT2D eigenvalue weighted by Gasteiger charge is 2.29. The topological polar surface area (TPSA) is 85.5 Å². The molecule has 0 aliphatic carbocycles. The minimum absolute atomic E-state index is 0.0226. The molecule has 0 saturated carbocycles. The highest BCUT2D eigenvalue weighted by Crippen LogP contribution is 2.20. The second kappa shape index (κ2) is 6.17. The molecule has 1 heterocycles. The van der Waals surface area contributed by atoms with Gasteiger partial charge in [0.1, 0.15) is 0 Å². The van der Waals surface area contributed by atoms with Gasteiger partial charge in [0, 0.05) is 11.4 Å². The Labute approximate surface area is 111 Å². The number of hydrogen-bond acceptors (Lipinski definition) is 5. The van der Waals surface area contributed by atoms with Crippen LogP contribution in [-0.4, -0.2) is 35.9 Å². The fourth-order valence-corrected chi connectivity index (χ4v) is 1.82. The van der Waals surface area contributed by atoms with Crippen molar-refractivity contribution in [1.82, 2.24) is 4.98 Å². The number of aromatic nitrogens is 1. The Morgan fingerprint density at radius 1 is 0.947 bits per heavy atom. The summed E-state index contributed by atoms with van der Waals surface area (Å²) in [6.45, 7) is 6.81. The summed E-state index contributed by atoms with van der Waals surface area (Å²) in [5.41, 5.74) is 1.05. The van der Waals surface area contributed by atoms with E-state index < -0.39 is 17.7 Å². The van der Waals surface area contributed by atoms with E-state index in [0.29, 0.717) is 11.4 Å². The summed E-state index contributed by atoms with van der Waals surface area (Å²) in [6, 6.07) is 0. The Hall–Kier alpha value is -2.11. The maximum absolute atomic E-state index is 12.0. The standard InChI is InChI=1S/C13H17NO5/c1-5-18-12(16)10-8(4)14-7(3)9(10)11(15)13(17)19-6-2/h14H,5-6H2,1-4H3. The van der Waals surface area contributed by atoms with Crippen molar-refractivity contribution in [2.45, 2.75) is 27.7 Å². The highest BCUT2D eigenvalue weighted by molar-refractivity contribution is 6.42. The Bertz CT molecular complexity index is 515. The van der Waals surface area contributed by atoms with E-state index >= 15 is 0 Å². The molecule has 0 radical (unpaired) electrons. The first-order chi connectivity index (χ1) is 8.93. The van der Waals surface area contributed by atoms with Crippen LogP contribution in [0.25, 0.3) is 0 Å². The lowest BCUT2D eigenvalue weighted by molar-refractivity contribution is -0.137. The van der Waals surface area contributed by atoms with Crippen LogP contribution in [0, 0.1) is 13.8 Å². The van der Waals surface area contributed by atoms with Gasteiger partial charge in [-0.2, -0.15) is 0 Å². The quantitative estimate of drug-likeness (QED) is 0.497. The highest BCUT2D eigenvalue weighted by atomic mass is 16.5. The third-order valence-electron chi connectivity index (χ3n) is 2.54. The minimum atomic E-state index is -0.977. The molecule has 0 amide bonds. The predicted octanol–water partition coefficient (Wildman–Crippen LogP) is 1.55. The molecule has 6 heteroatoms. The van der Waals surface area contributed by atoms with Gasteiger partial charge in [-0.3, -0.25) is 4.79 Å². The van der Waals surface area contributed by atoms with Gasteiger partial charge in [0.05, 0.1) is 24.3 Å². The molecule has 1 N–H and O–H groups in total. The number of Topliss-reactive ketones (excluding diaryl/α,β-unsaturated/α-hetero) is 1. The van der Waals surface area contributed by atoms with Gasteiger partial charge in [-0.05, 0) is 27.7 Å². The number of esters is 2. The molecule has 104 valence electrons. The molecule has 6 nitrogen and oxygen atoms in total. The van der Waals surface area contributed by atoms with E-state index in [1.54, 1.807) is 27.7 Å². The number of ether oxygens (including phenoxy) is 2. The van der Waals surface area contributed by atoms with Crippen LogP contribution in [0.2, 0.25) is 0 Å². The Morgan fingerprint density at radius 3 is 2.00 bits per heavy atom. The van der Waals surface area contributed by atoms with E-state index in [1.807, 2.05) is 0 Å². The largest absolute Gasteiger partial charge is 0.462 e. The van der Waals surface area contributed by atoms with Gasteiger partial charge < -0.3 is 14.5 Å². The molecular weight excluding hydrogens is 250 g/mol. The van der Waals surface area contributed by atoms with Crippen molar-refractivity contribution < 1.29 is 23.9 Å². The molecule has 0 aliphatic rings. The van der Waals surface area contributed by atoms with E-state index in [4.69, 9.17) is 4.74 Å². The molecule has 0 unspecified atom stereocenters. The van der Waals surface area contributed by atoms with Crippen molar-refractivity contribution in [2.75, 3.05) is 13.2 Å². The average Bonchev–Trinajstić information content (AvgIpc) is 2.63. The van der Waals surface area contributed by atoms with E-state index in [1.165, 1.54) is 0 Å². The van der Waals surface area contributed by atoms with Crippen molar-refractivity contribution in [3.63, 3.8) is 0 Å². The van der Waals surface area contributed by atoms with E-state index in [0.717, 1.165) is 0 Å². The molecular formula is C13H17NO5. The Balaban J connectivity index is 3.23. The molecule has 0 atom stereocenters. The van der Waals surface area contributed by atoms with Gasteiger partial charge >= 0.3 is 11.9 Å². The van der Waals surface area contributed by atoms with Gasteiger partial charge in [0.25, 0.3) is 5.78 Å². The van der Waals surface area contributed by atoms with Gasteiger partial charge in [0.2, 0.25) is 0 Å². The normalized spacial score (nSPS) is 10.1. The maximum atomic E-state index is 12.0. The maximum Gasteiger partial charge on any atom is 0.379 e. The summed E-state index contributed by atoms with van der Waals surface area (Å²) in [7, 11) is 0. The van der Waals surface area contributed by atoms with Crippen LogP contribution in [-0.2, 0) is 14.3 Å². The third kappa shape index (κ3) is 3.01. The molecule has 0 aliphatic heterocycles. The molecule has 0 fully saturated rings. The summed E-state index contributed by atoms with van der Waals surface area (Å²) in [5.74, 6) is -2.45. The zero-order valence-corrected chi connectivity index (χ0v) is 11.5. The zero-order valence-electron chi connectivity index (χ0n) is 11.5. The Morgan fingerprint density at radius 2 is 1.47 bits per heavy atom. The second-order valence-electron chi connectivity index (χ2n) is 3.90. The number of nitrogens with one attached hydrogen (secondary N) is 1. The fourth-order valence-electron chi connectivity index (χ4n) is 1.82. The van der Waals surface area contributed by atoms with Crippen molar-refractivity contribution in [2.24, 2.45) is 0 Å². The van der Waals surface area contributed by atoms with Crippen LogP contribution in [0.3, 0.4) is 0 Å². The van der Waals surface area contributed by atoms with Crippen molar-refractivity contribution in [3.8, 4) is 0 Å². The number of H-pyrrole nitrogens is 1. The monoisotopic (exact) mass is 267 g/mol. The van der Waals surface area contributed by atoms with Crippen LogP contribution < -0.4 is 0 Å². The van der Waals surface area contributed by atoms with E-state index in [9.17, 15) is 14.4 Å². The lowest BCUT2D eigenvalue weighted by atomic mass is 10.0. The SMILES string of the molecule is CCOC(=O)C(=O)c1c(C)[nH]c(C)c1C(=O)OCC. The number of ketones is 1. The van der Waals surface area contributed by atoms with Gasteiger partial charge in [-0.15, -0.1) is 0 Å². The molecule has 0 aromatic carbocycles. The molecule has 1 rings (SSSR count). The van der Waals surface area contributed by atoms with Crippen LogP contribution in [0.15, 0.2) is 0 Å². The fraction of sp³-hybridized carbons (Fsp3) is 0.462. The van der Waals surface area contributed by atoms with Gasteiger partial charge in [0.15, 0.2) is 0 Å². The summed E-state index contributed by atoms with van der Waals surface area (Å²) in [6.07, 6.45) is 0. The van der Waals surface area contributed by atoms with Crippen LogP contribution >= 0.6 is 0 Å². The van der Waals surface area contributed by atoms with Gasteiger partial charge in [-0.25, -0.2) is 9.59 Å².